The van der Waals surface area contributed by atoms with E-state index in [0.717, 1.165) is 10.2 Å². The fourth-order valence-corrected chi connectivity index (χ4v) is 3.31. The molecule has 2 heterocycles. The molecule has 3 rings (SSSR count). The molecule has 0 bridgehead atoms. The quantitative estimate of drug-likeness (QED) is 0.681. The molecule has 3 aromatic rings. The minimum absolute atomic E-state index is 0.213. The van der Waals surface area contributed by atoms with E-state index in [-0.39, 0.29) is 5.69 Å². The largest absolute Gasteiger partial charge is 0.305 e. The van der Waals surface area contributed by atoms with E-state index in [1.54, 1.807) is 0 Å². The summed E-state index contributed by atoms with van der Waals surface area (Å²) in [6.07, 6.45) is 9.86. The van der Waals surface area contributed by atoms with Crippen molar-refractivity contribution < 1.29 is 4.79 Å². The first kappa shape index (κ1) is 15.1. The lowest BCUT2D eigenvalue weighted by molar-refractivity contribution is 0.0993. The third kappa shape index (κ3) is 2.91. The first-order chi connectivity index (χ1) is 11.1. The predicted molar refractivity (Wildman–Crippen MR) is 90.0 cm³/mol. The highest BCUT2D eigenvalue weighted by Gasteiger charge is 2.10. The van der Waals surface area contributed by atoms with Gasteiger partial charge in [-0.3, -0.25) is 9.78 Å². The van der Waals surface area contributed by atoms with Crippen LogP contribution >= 0.6 is 11.3 Å². The van der Waals surface area contributed by atoms with Crippen LogP contribution in [0.1, 0.15) is 21.6 Å². The summed E-state index contributed by atoms with van der Waals surface area (Å²) in [5.41, 5.74) is 3.57. The Morgan fingerprint density at radius 1 is 1.35 bits per heavy atom. The van der Waals surface area contributed by atoms with Gasteiger partial charge in [0.2, 0.25) is 0 Å². The maximum Gasteiger partial charge on any atom is 0.299 e. The van der Waals surface area contributed by atoms with Crippen LogP contribution in [0, 0.1) is 26.2 Å². The molecular formula is C17H14N4OS. The SMILES string of the molecule is C#CCn1c(=NC(=O)c2cnccn2)sc2cc(C)c(C)cc21. The average Bonchev–Trinajstić information content (AvgIpc) is 2.86. The topological polar surface area (TPSA) is 60.1 Å². The van der Waals surface area contributed by atoms with Gasteiger partial charge in [0.15, 0.2) is 4.80 Å². The fourth-order valence-electron chi connectivity index (χ4n) is 2.20. The number of terminal acetylenes is 1. The molecule has 0 N–H and O–H groups in total. The number of carbonyl (C=O) groups is 1. The van der Waals surface area contributed by atoms with Crippen LogP contribution in [0.15, 0.2) is 35.7 Å². The molecule has 0 atom stereocenters. The Balaban J connectivity index is 2.20. The van der Waals surface area contributed by atoms with E-state index in [1.807, 2.05) is 11.5 Å². The number of rotatable bonds is 2. The van der Waals surface area contributed by atoms with Crippen LogP contribution in [-0.4, -0.2) is 20.4 Å². The zero-order valence-electron chi connectivity index (χ0n) is 12.8. The summed E-state index contributed by atoms with van der Waals surface area (Å²) in [4.78, 5) is 24.9. The maximum absolute atomic E-state index is 12.3. The summed E-state index contributed by atoms with van der Waals surface area (Å²) in [6.45, 7) is 4.46. The Hall–Kier alpha value is -2.78. The van der Waals surface area contributed by atoms with Crippen molar-refractivity contribution in [2.75, 3.05) is 0 Å². The van der Waals surface area contributed by atoms with E-state index in [0.29, 0.717) is 11.3 Å². The van der Waals surface area contributed by atoms with Crippen LogP contribution in [0.25, 0.3) is 10.2 Å². The fraction of sp³-hybridized carbons (Fsp3) is 0.176. The van der Waals surface area contributed by atoms with E-state index < -0.39 is 5.91 Å². The van der Waals surface area contributed by atoms with Gasteiger partial charge < -0.3 is 4.57 Å². The number of amides is 1. The third-order valence-electron chi connectivity index (χ3n) is 3.53. The Bertz CT molecular complexity index is 993. The van der Waals surface area contributed by atoms with Crippen molar-refractivity contribution in [1.82, 2.24) is 14.5 Å². The maximum atomic E-state index is 12.3. The van der Waals surface area contributed by atoms with Gasteiger partial charge in [0.1, 0.15) is 5.69 Å². The van der Waals surface area contributed by atoms with Crippen molar-refractivity contribution in [3.63, 3.8) is 0 Å². The van der Waals surface area contributed by atoms with Gasteiger partial charge in [-0.15, -0.1) is 6.42 Å². The van der Waals surface area contributed by atoms with Gasteiger partial charge in [0.05, 0.1) is 23.0 Å². The number of hydrogen-bond donors (Lipinski definition) is 0. The second-order valence-corrected chi connectivity index (χ2v) is 6.10. The highest BCUT2D eigenvalue weighted by molar-refractivity contribution is 7.16. The van der Waals surface area contributed by atoms with E-state index in [4.69, 9.17) is 6.42 Å². The monoisotopic (exact) mass is 322 g/mol. The zero-order valence-corrected chi connectivity index (χ0v) is 13.6. The second kappa shape index (κ2) is 6.15. The number of carbonyl (C=O) groups excluding carboxylic acids is 1. The van der Waals surface area contributed by atoms with Crippen molar-refractivity contribution in [2.45, 2.75) is 20.4 Å². The van der Waals surface area contributed by atoms with E-state index >= 15 is 0 Å². The third-order valence-corrected chi connectivity index (χ3v) is 4.57. The summed E-state index contributed by atoms with van der Waals surface area (Å²) >= 11 is 1.44. The van der Waals surface area contributed by atoms with Gasteiger partial charge in [0.25, 0.3) is 5.91 Å². The van der Waals surface area contributed by atoms with Crippen LogP contribution in [0.3, 0.4) is 0 Å². The summed E-state index contributed by atoms with van der Waals surface area (Å²) in [6, 6.07) is 4.17. The zero-order chi connectivity index (χ0) is 16.4. The van der Waals surface area contributed by atoms with Crippen LogP contribution < -0.4 is 4.80 Å². The molecule has 0 saturated heterocycles. The number of benzene rings is 1. The molecule has 0 saturated carbocycles. The lowest BCUT2D eigenvalue weighted by Gasteiger charge is -2.03. The van der Waals surface area contributed by atoms with Gasteiger partial charge in [-0.25, -0.2) is 4.98 Å². The van der Waals surface area contributed by atoms with Crippen LogP contribution in [0.5, 0.6) is 0 Å². The Kier molecular flexibility index (Phi) is 4.04. The molecule has 0 aliphatic heterocycles. The molecule has 0 spiro atoms. The van der Waals surface area contributed by atoms with Crippen molar-refractivity contribution in [2.24, 2.45) is 4.99 Å². The number of nitrogens with zero attached hydrogens (tertiary/aromatic N) is 4. The molecule has 1 amide bonds. The molecule has 0 unspecified atom stereocenters. The minimum atomic E-state index is -0.427. The lowest BCUT2D eigenvalue weighted by Crippen LogP contribution is -2.17. The Morgan fingerprint density at radius 2 is 2.13 bits per heavy atom. The minimum Gasteiger partial charge on any atom is -0.305 e. The molecule has 1 aromatic carbocycles. The first-order valence-corrected chi connectivity index (χ1v) is 7.81. The highest BCUT2D eigenvalue weighted by Crippen LogP contribution is 2.22. The Morgan fingerprint density at radius 3 is 2.83 bits per heavy atom. The number of aryl methyl sites for hydroxylation is 2. The number of hydrogen-bond acceptors (Lipinski definition) is 4. The van der Waals surface area contributed by atoms with E-state index in [9.17, 15) is 4.79 Å². The van der Waals surface area contributed by atoms with Gasteiger partial charge in [-0.05, 0) is 37.1 Å². The van der Waals surface area contributed by atoms with Gasteiger partial charge in [-0.1, -0.05) is 17.3 Å². The summed E-state index contributed by atoms with van der Waals surface area (Å²) in [7, 11) is 0. The molecule has 6 heteroatoms. The first-order valence-electron chi connectivity index (χ1n) is 6.99. The highest BCUT2D eigenvalue weighted by atomic mass is 32.1. The molecule has 0 aliphatic carbocycles. The predicted octanol–water partition coefficient (Wildman–Crippen LogP) is 2.48. The molecule has 5 nitrogen and oxygen atoms in total. The number of thiazole rings is 1. The molecular weight excluding hydrogens is 308 g/mol. The molecule has 2 aromatic heterocycles. The molecule has 23 heavy (non-hydrogen) atoms. The molecule has 0 fully saturated rings. The summed E-state index contributed by atoms with van der Waals surface area (Å²) in [5, 5.41) is 0. The second-order valence-electron chi connectivity index (χ2n) is 5.09. The molecule has 114 valence electrons. The van der Waals surface area contributed by atoms with Crippen LogP contribution in [-0.2, 0) is 6.54 Å². The Labute approximate surface area is 137 Å². The van der Waals surface area contributed by atoms with E-state index in [2.05, 4.69) is 39.9 Å². The van der Waals surface area contributed by atoms with Crippen molar-refractivity contribution >= 4 is 27.5 Å². The summed E-state index contributed by atoms with van der Waals surface area (Å²) in [5.74, 6) is 2.19. The average molecular weight is 322 g/mol. The summed E-state index contributed by atoms with van der Waals surface area (Å²) < 4.78 is 2.93. The number of fused-ring (bicyclic) bond motifs is 1. The molecule has 0 aliphatic rings. The van der Waals surface area contributed by atoms with Crippen molar-refractivity contribution in [3.05, 3.63) is 52.3 Å². The van der Waals surface area contributed by atoms with Crippen LogP contribution in [0.4, 0.5) is 0 Å². The number of aromatic nitrogens is 3. The van der Waals surface area contributed by atoms with E-state index in [1.165, 1.54) is 41.1 Å². The standard InChI is InChI=1S/C17H14N4OS/c1-4-7-21-14-8-11(2)12(3)9-15(14)23-17(21)20-16(22)13-10-18-5-6-19-13/h1,5-6,8-10H,7H2,2-3H3. The van der Waals surface area contributed by atoms with Gasteiger partial charge in [-0.2, -0.15) is 4.99 Å². The smallest absolute Gasteiger partial charge is 0.299 e. The van der Waals surface area contributed by atoms with Gasteiger partial charge in [0, 0.05) is 12.4 Å². The normalized spacial score (nSPS) is 11.6. The lowest BCUT2D eigenvalue weighted by atomic mass is 10.1. The van der Waals surface area contributed by atoms with Gasteiger partial charge >= 0.3 is 0 Å². The van der Waals surface area contributed by atoms with Crippen molar-refractivity contribution in [1.29, 1.82) is 0 Å². The van der Waals surface area contributed by atoms with Crippen LogP contribution in [0.2, 0.25) is 0 Å². The molecule has 0 radical (unpaired) electrons. The van der Waals surface area contributed by atoms with Crippen molar-refractivity contribution in [3.8, 4) is 12.3 Å².